The molecule has 3 aromatic rings. The van der Waals surface area contributed by atoms with Gasteiger partial charge in [-0.05, 0) is 54.1 Å². The van der Waals surface area contributed by atoms with Crippen molar-refractivity contribution in [3.8, 4) is 5.75 Å². The van der Waals surface area contributed by atoms with Gasteiger partial charge in [0.1, 0.15) is 23.9 Å². The van der Waals surface area contributed by atoms with Gasteiger partial charge < -0.3 is 14.6 Å². The van der Waals surface area contributed by atoms with Gasteiger partial charge in [-0.25, -0.2) is 9.37 Å². The summed E-state index contributed by atoms with van der Waals surface area (Å²) in [6.07, 6.45) is 2.20. The first-order valence-corrected chi connectivity index (χ1v) is 10.5. The average Bonchev–Trinajstić information content (AvgIpc) is 2.72. The van der Waals surface area contributed by atoms with Crippen LogP contribution in [-0.2, 0) is 17.2 Å². The molecule has 30 heavy (non-hydrogen) atoms. The number of carboxylic acids is 1. The fraction of sp³-hybridized carbons (Fsp3) is 0.0909. The van der Waals surface area contributed by atoms with Crippen LogP contribution in [0.15, 0.2) is 65.6 Å². The molecule has 3 rings (SSSR count). The van der Waals surface area contributed by atoms with Crippen LogP contribution >= 0.6 is 35.0 Å². The fourth-order valence-corrected chi connectivity index (χ4v) is 4.07. The highest BCUT2D eigenvalue weighted by atomic mass is 35.5. The molecule has 0 amide bonds. The number of ether oxygens (including phenoxy) is 1. The van der Waals surface area contributed by atoms with Gasteiger partial charge in [-0.2, -0.15) is 0 Å². The monoisotopic (exact) mass is 462 g/mol. The Morgan fingerprint density at radius 3 is 2.47 bits per heavy atom. The summed E-state index contributed by atoms with van der Waals surface area (Å²) in [6, 6.07) is 14.7. The molecular formula is C22H15Cl2FNO3S-. The first-order valence-electron chi connectivity index (χ1n) is 8.75. The Kier molecular flexibility index (Phi) is 7.74. The van der Waals surface area contributed by atoms with E-state index in [1.54, 1.807) is 42.5 Å². The van der Waals surface area contributed by atoms with E-state index in [0.717, 1.165) is 16.5 Å². The molecule has 0 spiro atoms. The maximum absolute atomic E-state index is 13.0. The lowest BCUT2D eigenvalue weighted by molar-refractivity contribution is -0.297. The molecule has 2 aromatic carbocycles. The van der Waals surface area contributed by atoms with Crippen LogP contribution in [0.2, 0.25) is 10.0 Å². The summed E-state index contributed by atoms with van der Waals surface area (Å²) in [7, 11) is 0. The van der Waals surface area contributed by atoms with Gasteiger partial charge in [0.05, 0.1) is 21.7 Å². The third-order valence-electron chi connectivity index (χ3n) is 3.91. The number of thioether (sulfide) groups is 1. The number of nitrogens with zero attached hydrogens (tertiary/aromatic N) is 1. The van der Waals surface area contributed by atoms with Crippen molar-refractivity contribution < 1.29 is 19.0 Å². The van der Waals surface area contributed by atoms with Gasteiger partial charge in [0.15, 0.2) is 0 Å². The number of hydrogen-bond acceptors (Lipinski definition) is 5. The normalized spacial score (nSPS) is 11.0. The summed E-state index contributed by atoms with van der Waals surface area (Å²) < 4.78 is 18.8. The van der Waals surface area contributed by atoms with Crippen molar-refractivity contribution in [3.63, 3.8) is 0 Å². The first kappa shape index (κ1) is 22.2. The van der Waals surface area contributed by atoms with Crippen LogP contribution in [0.5, 0.6) is 5.75 Å². The highest BCUT2D eigenvalue weighted by Crippen LogP contribution is 2.35. The number of carbonyl (C=O) groups excluding carboxylic acids is 1. The number of rotatable bonds is 8. The van der Waals surface area contributed by atoms with E-state index in [1.165, 1.54) is 30.0 Å². The Labute approximate surface area is 187 Å². The number of hydrogen-bond donors (Lipinski definition) is 0. The zero-order valence-electron chi connectivity index (χ0n) is 15.5. The quantitative estimate of drug-likeness (QED) is 0.341. The van der Waals surface area contributed by atoms with Crippen molar-refractivity contribution >= 4 is 47.0 Å². The highest BCUT2D eigenvalue weighted by molar-refractivity contribution is 7.98. The average molecular weight is 463 g/mol. The van der Waals surface area contributed by atoms with Gasteiger partial charge in [-0.3, -0.25) is 0 Å². The summed E-state index contributed by atoms with van der Waals surface area (Å²) in [5.41, 5.74) is 1.78. The number of benzene rings is 2. The van der Waals surface area contributed by atoms with Gasteiger partial charge in [-0.1, -0.05) is 41.4 Å². The van der Waals surface area contributed by atoms with Gasteiger partial charge in [0.25, 0.3) is 0 Å². The lowest BCUT2D eigenvalue weighted by Gasteiger charge is -2.11. The summed E-state index contributed by atoms with van der Waals surface area (Å²) in [5.74, 6) is -0.822. The van der Waals surface area contributed by atoms with E-state index in [-0.39, 0.29) is 12.4 Å². The van der Waals surface area contributed by atoms with E-state index in [1.807, 2.05) is 0 Å². The molecular weight excluding hydrogens is 448 g/mol. The standard InChI is InChI=1S/C22H16Cl2FNO3S/c23-17-2-1-3-18(24)22(17)30-13-16-8-10-20(19(26-16)9-11-21(27)28)29-12-14-4-6-15(25)7-5-14/h1-11H,12-13H2,(H,27,28)/p-1/b11-9+. The fourth-order valence-electron chi connectivity index (χ4n) is 2.48. The zero-order chi connectivity index (χ0) is 21.5. The molecule has 0 saturated carbocycles. The van der Waals surface area contributed by atoms with Crippen LogP contribution in [-0.4, -0.2) is 11.0 Å². The molecule has 0 fully saturated rings. The molecule has 1 aromatic heterocycles. The number of aliphatic carboxylic acids is 1. The third-order valence-corrected chi connectivity index (χ3v) is 5.93. The van der Waals surface area contributed by atoms with Crippen molar-refractivity contribution in [1.82, 2.24) is 4.98 Å². The predicted molar refractivity (Wildman–Crippen MR) is 115 cm³/mol. The van der Waals surface area contributed by atoms with Crippen LogP contribution < -0.4 is 9.84 Å². The van der Waals surface area contributed by atoms with Crippen LogP contribution in [0.3, 0.4) is 0 Å². The Hall–Kier alpha value is -2.54. The zero-order valence-corrected chi connectivity index (χ0v) is 17.8. The van der Waals surface area contributed by atoms with E-state index >= 15 is 0 Å². The maximum atomic E-state index is 13.0. The molecule has 0 aliphatic carbocycles. The minimum atomic E-state index is -1.34. The number of pyridine rings is 1. The Bertz CT molecular complexity index is 1050. The second-order valence-corrected chi connectivity index (χ2v) is 7.89. The molecule has 154 valence electrons. The van der Waals surface area contributed by atoms with Crippen molar-refractivity contribution in [3.05, 3.63) is 93.5 Å². The van der Waals surface area contributed by atoms with Crippen LogP contribution in [0.1, 0.15) is 17.0 Å². The van der Waals surface area contributed by atoms with Crippen molar-refractivity contribution in [2.75, 3.05) is 0 Å². The van der Waals surface area contributed by atoms with Crippen molar-refractivity contribution in [2.24, 2.45) is 0 Å². The second kappa shape index (κ2) is 10.5. The highest BCUT2D eigenvalue weighted by Gasteiger charge is 2.10. The smallest absolute Gasteiger partial charge is 0.145 e. The molecule has 0 bridgehead atoms. The Balaban J connectivity index is 1.78. The molecule has 4 nitrogen and oxygen atoms in total. The summed E-state index contributed by atoms with van der Waals surface area (Å²) in [4.78, 5) is 16.0. The third kappa shape index (κ3) is 6.23. The molecule has 0 aliphatic heterocycles. The first-order chi connectivity index (χ1) is 14.4. The van der Waals surface area contributed by atoms with Crippen molar-refractivity contribution in [2.45, 2.75) is 17.3 Å². The van der Waals surface area contributed by atoms with E-state index < -0.39 is 5.97 Å². The number of halogens is 3. The van der Waals surface area contributed by atoms with Crippen LogP contribution in [0.25, 0.3) is 6.08 Å². The largest absolute Gasteiger partial charge is 0.545 e. The topological polar surface area (TPSA) is 62.2 Å². The molecule has 8 heteroatoms. The van der Waals surface area contributed by atoms with Crippen LogP contribution in [0, 0.1) is 5.82 Å². The van der Waals surface area contributed by atoms with Crippen molar-refractivity contribution in [1.29, 1.82) is 0 Å². The van der Waals surface area contributed by atoms with E-state index in [4.69, 9.17) is 27.9 Å². The molecule has 1 heterocycles. The van der Waals surface area contributed by atoms with Gasteiger partial charge in [0.2, 0.25) is 0 Å². The Morgan fingerprint density at radius 2 is 1.80 bits per heavy atom. The second-order valence-electron chi connectivity index (χ2n) is 6.09. The predicted octanol–water partition coefficient (Wildman–Crippen LogP) is 5.16. The van der Waals surface area contributed by atoms with E-state index in [2.05, 4.69) is 4.98 Å². The summed E-state index contributed by atoms with van der Waals surface area (Å²) in [6.45, 7) is 0.178. The molecule has 0 N–H and O–H groups in total. The molecule has 0 saturated heterocycles. The maximum Gasteiger partial charge on any atom is 0.145 e. The number of aromatic nitrogens is 1. The molecule has 0 atom stereocenters. The van der Waals surface area contributed by atoms with E-state index in [0.29, 0.717) is 32.9 Å². The Morgan fingerprint density at radius 1 is 1.10 bits per heavy atom. The SMILES string of the molecule is O=C([O-])/C=C/c1nc(CSc2c(Cl)cccc2Cl)ccc1OCc1ccc(F)cc1. The summed E-state index contributed by atoms with van der Waals surface area (Å²) in [5, 5.41) is 11.9. The lowest BCUT2D eigenvalue weighted by Crippen LogP contribution is -2.18. The number of carboxylic acid groups (broad SMARTS) is 1. The summed E-state index contributed by atoms with van der Waals surface area (Å²) >= 11 is 13.8. The van der Waals surface area contributed by atoms with Crippen LogP contribution in [0.4, 0.5) is 4.39 Å². The van der Waals surface area contributed by atoms with E-state index in [9.17, 15) is 14.3 Å². The minimum Gasteiger partial charge on any atom is -0.545 e. The van der Waals surface area contributed by atoms with Gasteiger partial charge >= 0.3 is 0 Å². The molecule has 0 unspecified atom stereocenters. The number of carbonyl (C=O) groups is 1. The molecule has 0 radical (unpaired) electrons. The molecule has 0 aliphatic rings. The lowest BCUT2D eigenvalue weighted by atomic mass is 10.2. The van der Waals surface area contributed by atoms with Gasteiger partial charge in [0, 0.05) is 10.6 Å². The van der Waals surface area contributed by atoms with Gasteiger partial charge in [-0.15, -0.1) is 11.8 Å². The minimum absolute atomic E-state index is 0.178.